The van der Waals surface area contributed by atoms with Gasteiger partial charge < -0.3 is 14.2 Å². The lowest BCUT2D eigenvalue weighted by Gasteiger charge is -2.14. The SMILES string of the molecule is COCc1cnc(NC(=O)c2ccc(OC)cc2OC(C)C)s1. The third-order valence-corrected chi connectivity index (χ3v) is 3.74. The molecule has 1 amide bonds. The summed E-state index contributed by atoms with van der Waals surface area (Å²) in [4.78, 5) is 17.6. The summed E-state index contributed by atoms with van der Waals surface area (Å²) in [5, 5.41) is 3.30. The molecule has 1 heterocycles. The van der Waals surface area contributed by atoms with Crippen LogP contribution in [0.5, 0.6) is 11.5 Å². The topological polar surface area (TPSA) is 69.7 Å². The first-order valence-corrected chi connectivity index (χ1v) is 7.94. The molecule has 0 saturated carbocycles. The van der Waals surface area contributed by atoms with Gasteiger partial charge >= 0.3 is 0 Å². The van der Waals surface area contributed by atoms with Gasteiger partial charge in [0.05, 0.1) is 30.3 Å². The highest BCUT2D eigenvalue weighted by Crippen LogP contribution is 2.27. The number of thiazole rings is 1. The predicted octanol–water partition coefficient (Wildman–Crippen LogP) is 3.34. The molecule has 1 N–H and O–H groups in total. The molecule has 0 saturated heterocycles. The zero-order valence-electron chi connectivity index (χ0n) is 13.6. The van der Waals surface area contributed by atoms with Crippen LogP contribution in [0.25, 0.3) is 0 Å². The molecule has 6 nitrogen and oxygen atoms in total. The smallest absolute Gasteiger partial charge is 0.261 e. The molecule has 0 fully saturated rings. The minimum atomic E-state index is -0.276. The zero-order chi connectivity index (χ0) is 16.8. The van der Waals surface area contributed by atoms with E-state index in [9.17, 15) is 4.79 Å². The number of carbonyl (C=O) groups is 1. The van der Waals surface area contributed by atoms with Gasteiger partial charge in [0, 0.05) is 19.4 Å². The highest BCUT2D eigenvalue weighted by Gasteiger charge is 2.16. The van der Waals surface area contributed by atoms with E-state index < -0.39 is 0 Å². The first kappa shape index (κ1) is 17.2. The van der Waals surface area contributed by atoms with Gasteiger partial charge in [-0.1, -0.05) is 11.3 Å². The summed E-state index contributed by atoms with van der Waals surface area (Å²) in [6, 6.07) is 5.10. The van der Waals surface area contributed by atoms with Crippen LogP contribution in [0.15, 0.2) is 24.4 Å². The number of aromatic nitrogens is 1. The molecule has 2 aromatic rings. The van der Waals surface area contributed by atoms with Crippen LogP contribution in [0.4, 0.5) is 5.13 Å². The number of ether oxygens (including phenoxy) is 3. The maximum Gasteiger partial charge on any atom is 0.261 e. The number of rotatable bonds is 7. The fraction of sp³-hybridized carbons (Fsp3) is 0.375. The Morgan fingerprint density at radius 2 is 2.13 bits per heavy atom. The fourth-order valence-corrected chi connectivity index (χ4v) is 2.69. The van der Waals surface area contributed by atoms with Gasteiger partial charge in [0.15, 0.2) is 5.13 Å². The molecular formula is C16H20N2O4S. The van der Waals surface area contributed by atoms with Crippen molar-refractivity contribution < 1.29 is 19.0 Å². The molecule has 23 heavy (non-hydrogen) atoms. The minimum Gasteiger partial charge on any atom is -0.497 e. The molecule has 0 atom stereocenters. The summed E-state index contributed by atoms with van der Waals surface area (Å²) in [5.74, 6) is 0.834. The molecule has 2 rings (SSSR count). The summed E-state index contributed by atoms with van der Waals surface area (Å²) in [5.41, 5.74) is 0.433. The van der Waals surface area contributed by atoms with Crippen LogP contribution in [0.3, 0.4) is 0 Å². The average Bonchev–Trinajstić information content (AvgIpc) is 2.94. The van der Waals surface area contributed by atoms with Gasteiger partial charge in [-0.25, -0.2) is 4.98 Å². The summed E-state index contributed by atoms with van der Waals surface area (Å²) < 4.78 is 15.9. The van der Waals surface area contributed by atoms with Gasteiger partial charge in [-0.05, 0) is 26.0 Å². The number of hydrogen-bond donors (Lipinski definition) is 1. The first-order valence-electron chi connectivity index (χ1n) is 7.13. The number of methoxy groups -OCH3 is 2. The largest absolute Gasteiger partial charge is 0.497 e. The summed E-state index contributed by atoms with van der Waals surface area (Å²) in [6.07, 6.45) is 1.63. The van der Waals surface area contributed by atoms with E-state index in [2.05, 4.69) is 10.3 Å². The van der Waals surface area contributed by atoms with Gasteiger partial charge in [-0.15, -0.1) is 0 Å². The van der Waals surface area contributed by atoms with Crippen LogP contribution < -0.4 is 14.8 Å². The Morgan fingerprint density at radius 1 is 1.35 bits per heavy atom. The second-order valence-corrected chi connectivity index (χ2v) is 6.16. The Morgan fingerprint density at radius 3 is 2.78 bits per heavy atom. The molecule has 1 aromatic heterocycles. The third kappa shape index (κ3) is 4.67. The highest BCUT2D eigenvalue weighted by atomic mass is 32.1. The van der Waals surface area contributed by atoms with Crippen molar-refractivity contribution >= 4 is 22.4 Å². The van der Waals surface area contributed by atoms with Gasteiger partial charge in [-0.2, -0.15) is 0 Å². The Balaban J connectivity index is 2.19. The Hall–Kier alpha value is -2.12. The normalized spacial score (nSPS) is 10.7. The number of amides is 1. The van der Waals surface area contributed by atoms with Crippen molar-refractivity contribution in [2.75, 3.05) is 19.5 Å². The van der Waals surface area contributed by atoms with Gasteiger partial charge in [0.2, 0.25) is 0 Å². The van der Waals surface area contributed by atoms with Crippen molar-refractivity contribution in [2.45, 2.75) is 26.6 Å². The fourth-order valence-electron chi connectivity index (χ4n) is 1.91. The van der Waals surface area contributed by atoms with Crippen molar-refractivity contribution in [1.29, 1.82) is 0 Å². The van der Waals surface area contributed by atoms with Crippen molar-refractivity contribution in [3.63, 3.8) is 0 Å². The van der Waals surface area contributed by atoms with E-state index in [1.54, 1.807) is 38.6 Å². The van der Waals surface area contributed by atoms with Crippen LogP contribution in [-0.4, -0.2) is 31.2 Å². The molecule has 0 bridgehead atoms. The lowest BCUT2D eigenvalue weighted by Crippen LogP contribution is -2.15. The number of nitrogens with zero attached hydrogens (tertiary/aromatic N) is 1. The van der Waals surface area contributed by atoms with E-state index >= 15 is 0 Å². The molecule has 0 spiro atoms. The summed E-state index contributed by atoms with van der Waals surface area (Å²) in [6.45, 7) is 4.27. The summed E-state index contributed by atoms with van der Waals surface area (Å²) in [7, 11) is 3.19. The Bertz CT molecular complexity index is 670. The van der Waals surface area contributed by atoms with Crippen molar-refractivity contribution in [3.8, 4) is 11.5 Å². The Labute approximate surface area is 139 Å². The number of anilines is 1. The number of hydrogen-bond acceptors (Lipinski definition) is 6. The van der Waals surface area contributed by atoms with Crippen LogP contribution in [0.1, 0.15) is 29.1 Å². The van der Waals surface area contributed by atoms with Gasteiger partial charge in [0.1, 0.15) is 11.5 Å². The van der Waals surface area contributed by atoms with Crippen molar-refractivity contribution in [2.24, 2.45) is 0 Å². The van der Waals surface area contributed by atoms with Crippen LogP contribution >= 0.6 is 11.3 Å². The summed E-state index contributed by atoms with van der Waals surface area (Å²) >= 11 is 1.37. The maximum absolute atomic E-state index is 12.5. The van der Waals surface area contributed by atoms with Crippen LogP contribution in [-0.2, 0) is 11.3 Å². The number of nitrogens with one attached hydrogen (secondary N) is 1. The molecule has 0 unspecified atom stereocenters. The molecule has 0 aliphatic heterocycles. The number of benzene rings is 1. The maximum atomic E-state index is 12.5. The molecule has 124 valence electrons. The van der Waals surface area contributed by atoms with E-state index in [-0.39, 0.29) is 12.0 Å². The molecule has 7 heteroatoms. The Kier molecular flexibility index (Phi) is 5.95. The van der Waals surface area contributed by atoms with Crippen LogP contribution in [0.2, 0.25) is 0 Å². The van der Waals surface area contributed by atoms with E-state index in [1.165, 1.54) is 11.3 Å². The van der Waals surface area contributed by atoms with Gasteiger partial charge in [-0.3, -0.25) is 10.1 Å². The van der Waals surface area contributed by atoms with E-state index in [0.717, 1.165) is 4.88 Å². The lowest BCUT2D eigenvalue weighted by atomic mass is 10.1. The highest BCUT2D eigenvalue weighted by molar-refractivity contribution is 7.15. The van der Waals surface area contributed by atoms with E-state index in [4.69, 9.17) is 14.2 Å². The molecular weight excluding hydrogens is 316 g/mol. The van der Waals surface area contributed by atoms with Crippen molar-refractivity contribution in [1.82, 2.24) is 4.98 Å². The van der Waals surface area contributed by atoms with E-state index in [0.29, 0.717) is 28.8 Å². The van der Waals surface area contributed by atoms with Gasteiger partial charge in [0.25, 0.3) is 5.91 Å². The zero-order valence-corrected chi connectivity index (χ0v) is 14.4. The van der Waals surface area contributed by atoms with Crippen LogP contribution in [0, 0.1) is 0 Å². The lowest BCUT2D eigenvalue weighted by molar-refractivity contribution is 0.102. The minimum absolute atomic E-state index is 0.0539. The molecule has 0 aliphatic rings. The monoisotopic (exact) mass is 336 g/mol. The van der Waals surface area contributed by atoms with E-state index in [1.807, 2.05) is 13.8 Å². The molecule has 0 radical (unpaired) electrons. The quantitative estimate of drug-likeness (QED) is 0.840. The second-order valence-electron chi connectivity index (χ2n) is 5.05. The first-order chi connectivity index (χ1) is 11.0. The average molecular weight is 336 g/mol. The van der Waals surface area contributed by atoms with Crippen molar-refractivity contribution in [3.05, 3.63) is 34.8 Å². The molecule has 1 aromatic carbocycles. The number of carbonyl (C=O) groups excluding carboxylic acids is 1. The standard InChI is InChI=1S/C16H20N2O4S/c1-10(2)22-14-7-11(21-4)5-6-13(14)15(19)18-16-17-8-12(23-16)9-20-3/h5-8,10H,9H2,1-4H3,(H,17,18,19). The second kappa shape index (κ2) is 7.94. The third-order valence-electron chi connectivity index (χ3n) is 2.86. The molecule has 0 aliphatic carbocycles. The predicted molar refractivity (Wildman–Crippen MR) is 89.5 cm³/mol.